The van der Waals surface area contributed by atoms with Crippen LogP contribution in [0.2, 0.25) is 0 Å². The molecule has 0 aliphatic carbocycles. The smallest absolute Gasteiger partial charge is 0.204 e. The summed E-state index contributed by atoms with van der Waals surface area (Å²) in [5.74, 6) is 0.106. The summed E-state index contributed by atoms with van der Waals surface area (Å²) in [6.07, 6.45) is 0.311. The van der Waals surface area contributed by atoms with Gasteiger partial charge in [0, 0.05) is 35.7 Å². The van der Waals surface area contributed by atoms with Crippen molar-refractivity contribution in [1.82, 2.24) is 5.16 Å². The third kappa shape index (κ3) is 1.93. The highest BCUT2D eigenvalue weighted by Gasteiger charge is 2.52. The van der Waals surface area contributed by atoms with Gasteiger partial charge in [-0.3, -0.25) is 4.79 Å². The Kier molecular flexibility index (Phi) is 2.95. The van der Waals surface area contributed by atoms with E-state index in [4.69, 9.17) is 4.52 Å². The van der Waals surface area contributed by atoms with Crippen molar-refractivity contribution in [1.29, 1.82) is 0 Å². The van der Waals surface area contributed by atoms with Gasteiger partial charge in [0.05, 0.1) is 11.4 Å². The molecule has 26 heavy (non-hydrogen) atoms. The van der Waals surface area contributed by atoms with Gasteiger partial charge in [0.1, 0.15) is 5.84 Å². The van der Waals surface area contributed by atoms with Crippen LogP contribution in [0.4, 0.5) is 11.4 Å². The molecule has 2 aromatic carbocycles. The van der Waals surface area contributed by atoms with E-state index in [2.05, 4.69) is 10.1 Å². The number of aliphatic imine (C=N–C) groups is 1. The molecule has 0 unspecified atom stereocenters. The van der Waals surface area contributed by atoms with Crippen molar-refractivity contribution < 1.29 is 14.4 Å². The molecule has 0 spiro atoms. The maximum Gasteiger partial charge on any atom is 0.204 e. The van der Waals surface area contributed by atoms with Crippen LogP contribution in [0.15, 0.2) is 45.9 Å². The van der Waals surface area contributed by atoms with Crippen LogP contribution in [0.3, 0.4) is 0 Å². The van der Waals surface area contributed by atoms with Gasteiger partial charge in [-0.25, -0.2) is 4.99 Å². The monoisotopic (exact) mass is 347 g/mol. The van der Waals surface area contributed by atoms with E-state index in [0.29, 0.717) is 35.6 Å². The number of anilines is 1. The molecule has 0 radical (unpaired) electrons. The molecule has 1 aromatic heterocycles. The molecule has 1 atom stereocenters. The number of hydrogen-bond acceptors (Lipinski definition) is 6. The maximum atomic E-state index is 13.0. The Hall–Kier alpha value is -2.99. The van der Waals surface area contributed by atoms with Gasteiger partial charge in [0.2, 0.25) is 5.78 Å². The number of fused-ring (bicyclic) bond motifs is 3. The molecule has 1 fully saturated rings. The lowest BCUT2D eigenvalue weighted by atomic mass is 9.87. The summed E-state index contributed by atoms with van der Waals surface area (Å²) in [5, 5.41) is 16.0. The van der Waals surface area contributed by atoms with Gasteiger partial charge in [-0.1, -0.05) is 16.8 Å². The van der Waals surface area contributed by atoms with E-state index in [9.17, 15) is 9.90 Å². The van der Waals surface area contributed by atoms with Crippen LogP contribution in [0.1, 0.15) is 28.0 Å². The molecule has 0 saturated carbocycles. The number of rotatable bonds is 1. The second-order valence-corrected chi connectivity index (χ2v) is 7.00. The summed E-state index contributed by atoms with van der Waals surface area (Å²) in [6, 6.07) is 11.3. The van der Waals surface area contributed by atoms with Crippen LogP contribution in [-0.2, 0) is 0 Å². The molecule has 0 bridgehead atoms. The fraction of sp³-hybridized carbons (Fsp3) is 0.250. The zero-order valence-corrected chi connectivity index (χ0v) is 14.5. The standard InChI is InChI=1S/C20H17N3O3/c1-11-3-6-16-15(9-11)18(24)20(25)7-8-23(19(20)21-16)13-4-5-14-12(2)22-26-17(14)10-13/h3-6,9-10,25H,7-8H2,1-2H3/t20-/m1/s1. The lowest BCUT2D eigenvalue weighted by molar-refractivity contribution is 0.0602. The number of carbonyl (C=O) groups excluding carboxylic acids is 1. The summed E-state index contributed by atoms with van der Waals surface area (Å²) in [5.41, 5.74) is 2.82. The van der Waals surface area contributed by atoms with E-state index >= 15 is 0 Å². The second kappa shape index (κ2) is 5.02. The first-order valence-electron chi connectivity index (χ1n) is 8.58. The van der Waals surface area contributed by atoms with Crippen LogP contribution < -0.4 is 4.90 Å². The van der Waals surface area contributed by atoms with Gasteiger partial charge in [0.25, 0.3) is 0 Å². The van der Waals surface area contributed by atoms with Gasteiger partial charge in [-0.2, -0.15) is 0 Å². The molecule has 6 nitrogen and oxygen atoms in total. The molecule has 3 aromatic rings. The summed E-state index contributed by atoms with van der Waals surface area (Å²) >= 11 is 0. The zero-order chi connectivity index (χ0) is 18.1. The van der Waals surface area contributed by atoms with Crippen molar-refractivity contribution in [2.45, 2.75) is 25.9 Å². The number of hydrogen-bond donors (Lipinski definition) is 1. The maximum absolute atomic E-state index is 13.0. The fourth-order valence-corrected chi connectivity index (χ4v) is 3.82. The Morgan fingerprint density at radius 1 is 1.19 bits per heavy atom. The number of carbonyl (C=O) groups is 1. The Morgan fingerprint density at radius 2 is 2.04 bits per heavy atom. The lowest BCUT2D eigenvalue weighted by Crippen LogP contribution is -2.48. The highest BCUT2D eigenvalue weighted by atomic mass is 16.5. The summed E-state index contributed by atoms with van der Waals surface area (Å²) in [7, 11) is 0. The van der Waals surface area contributed by atoms with Gasteiger partial charge >= 0.3 is 0 Å². The Labute approximate surface area is 149 Å². The molecule has 0 amide bonds. The number of benzene rings is 2. The summed E-state index contributed by atoms with van der Waals surface area (Å²) < 4.78 is 5.35. The predicted molar refractivity (Wildman–Crippen MR) is 98.3 cm³/mol. The van der Waals surface area contributed by atoms with Crippen LogP contribution >= 0.6 is 0 Å². The minimum Gasteiger partial charge on any atom is -0.374 e. The van der Waals surface area contributed by atoms with E-state index in [1.807, 2.05) is 49.1 Å². The first-order chi connectivity index (χ1) is 12.5. The first kappa shape index (κ1) is 15.3. The third-order valence-corrected chi connectivity index (χ3v) is 5.27. The molecular weight excluding hydrogens is 330 g/mol. The second-order valence-electron chi connectivity index (χ2n) is 7.00. The number of aromatic nitrogens is 1. The topological polar surface area (TPSA) is 78.9 Å². The normalized spacial score (nSPS) is 21.7. The number of aliphatic hydroxyl groups is 1. The van der Waals surface area contributed by atoms with Crippen LogP contribution in [0, 0.1) is 13.8 Å². The highest BCUT2D eigenvalue weighted by Crippen LogP contribution is 2.40. The average Bonchev–Trinajstić information content (AvgIpc) is 3.17. The molecule has 130 valence electrons. The molecule has 3 heterocycles. The number of amidine groups is 1. The zero-order valence-electron chi connectivity index (χ0n) is 14.5. The SMILES string of the molecule is Cc1ccc2c(c1)C(=O)[C@]1(O)CCN(c3ccc4c(C)noc4c3)C1=N2. The number of Topliss-reactive ketones (excluding diaryl/α,β-unsaturated/α-hetero) is 1. The lowest BCUT2D eigenvalue weighted by Gasteiger charge is -2.29. The Morgan fingerprint density at radius 3 is 2.88 bits per heavy atom. The Balaban J connectivity index is 1.65. The number of aryl methyl sites for hydroxylation is 2. The third-order valence-electron chi connectivity index (χ3n) is 5.27. The fourth-order valence-electron chi connectivity index (χ4n) is 3.82. The van der Waals surface area contributed by atoms with Gasteiger partial charge in [-0.15, -0.1) is 0 Å². The van der Waals surface area contributed by atoms with Crippen molar-refractivity contribution >= 4 is 34.0 Å². The summed E-state index contributed by atoms with van der Waals surface area (Å²) in [6.45, 7) is 4.32. The van der Waals surface area contributed by atoms with Crippen molar-refractivity contribution in [3.63, 3.8) is 0 Å². The number of nitrogens with zero attached hydrogens (tertiary/aromatic N) is 3. The number of ketones is 1. The molecule has 6 heteroatoms. The quantitative estimate of drug-likeness (QED) is 0.730. The van der Waals surface area contributed by atoms with Crippen molar-refractivity contribution in [2.75, 3.05) is 11.4 Å². The molecule has 1 N–H and O–H groups in total. The highest BCUT2D eigenvalue weighted by molar-refractivity contribution is 6.28. The van der Waals surface area contributed by atoms with Gasteiger partial charge < -0.3 is 14.5 Å². The van der Waals surface area contributed by atoms with Crippen LogP contribution in [0.5, 0.6) is 0 Å². The minimum atomic E-state index is -1.58. The molecule has 1 saturated heterocycles. The van der Waals surface area contributed by atoms with Crippen LogP contribution in [-0.4, -0.2) is 34.0 Å². The van der Waals surface area contributed by atoms with E-state index in [1.165, 1.54) is 0 Å². The molecular formula is C20H17N3O3. The Bertz CT molecular complexity index is 1110. The predicted octanol–water partition coefficient (Wildman–Crippen LogP) is 3.31. The first-order valence-corrected chi connectivity index (χ1v) is 8.58. The van der Waals surface area contributed by atoms with E-state index < -0.39 is 5.60 Å². The van der Waals surface area contributed by atoms with E-state index in [0.717, 1.165) is 22.3 Å². The van der Waals surface area contributed by atoms with Gasteiger partial charge in [-0.05, 0) is 38.1 Å². The molecule has 5 rings (SSSR count). The summed E-state index contributed by atoms with van der Waals surface area (Å²) in [4.78, 5) is 19.5. The van der Waals surface area contributed by atoms with Crippen molar-refractivity contribution in [3.05, 3.63) is 53.2 Å². The average molecular weight is 347 g/mol. The molecule has 2 aliphatic rings. The minimum absolute atomic E-state index is 0.278. The van der Waals surface area contributed by atoms with Crippen LogP contribution in [0.25, 0.3) is 11.0 Å². The van der Waals surface area contributed by atoms with Crippen molar-refractivity contribution in [3.8, 4) is 0 Å². The van der Waals surface area contributed by atoms with E-state index in [1.54, 1.807) is 6.07 Å². The molecule has 2 aliphatic heterocycles. The largest absolute Gasteiger partial charge is 0.374 e. The van der Waals surface area contributed by atoms with Crippen molar-refractivity contribution in [2.24, 2.45) is 4.99 Å². The van der Waals surface area contributed by atoms with Gasteiger partial charge in [0.15, 0.2) is 11.2 Å². The van der Waals surface area contributed by atoms with E-state index in [-0.39, 0.29) is 5.78 Å².